The Morgan fingerprint density at radius 3 is 2.19 bits per heavy atom. The molecule has 0 saturated heterocycles. The Labute approximate surface area is 196 Å². The van der Waals surface area contributed by atoms with E-state index in [0.717, 1.165) is 28.8 Å². The van der Waals surface area contributed by atoms with Gasteiger partial charge in [0.05, 0.1) is 23.2 Å². The number of carboxylic acids is 1. The minimum Gasteiger partial charge on any atom is -0.506 e. The second-order valence-electron chi connectivity index (χ2n) is 7.81. The summed E-state index contributed by atoms with van der Waals surface area (Å²) >= 11 is 0. The predicted molar refractivity (Wildman–Crippen MR) is 110 cm³/mol. The summed E-state index contributed by atoms with van der Waals surface area (Å²) in [4.78, 5) is 36.3. The maximum Gasteiger partial charge on any atom is 0.416 e. The highest BCUT2D eigenvalue weighted by Crippen LogP contribution is 2.43. The lowest BCUT2D eigenvalue weighted by Gasteiger charge is -2.29. The van der Waals surface area contributed by atoms with E-state index in [2.05, 4.69) is 0 Å². The number of aromatic hydroxyl groups is 1. The van der Waals surface area contributed by atoms with Crippen molar-refractivity contribution in [3.8, 4) is 11.5 Å². The molecular formula is C22H14F6N2O6. The second kappa shape index (κ2) is 8.46. The van der Waals surface area contributed by atoms with Crippen molar-refractivity contribution in [2.45, 2.75) is 25.0 Å². The number of pyridine rings is 1. The Hall–Kier alpha value is -4.23. The van der Waals surface area contributed by atoms with Gasteiger partial charge in [-0.3, -0.25) is 19.0 Å². The van der Waals surface area contributed by atoms with E-state index in [1.54, 1.807) is 0 Å². The molecule has 1 aromatic heterocycles. The number of aliphatic carboxylic acids is 1. The van der Waals surface area contributed by atoms with Crippen LogP contribution in [0.4, 0.5) is 26.3 Å². The first-order valence-corrected chi connectivity index (χ1v) is 10.0. The lowest BCUT2D eigenvalue weighted by molar-refractivity contribution is -0.138. The molecule has 2 aromatic carbocycles. The van der Waals surface area contributed by atoms with Crippen molar-refractivity contribution in [2.75, 3.05) is 6.54 Å². The molecule has 1 aliphatic heterocycles. The SMILES string of the molecule is O=C(O)CNC(=O)c1c(O)c2cc(C(F)(F)F)cc3c2n(c1=O)CC(c1ccc(C(F)(F)F)cc1)O3. The molecule has 0 radical (unpaired) electrons. The molecule has 0 fully saturated rings. The minimum atomic E-state index is -4.94. The van der Waals surface area contributed by atoms with E-state index in [9.17, 15) is 45.8 Å². The van der Waals surface area contributed by atoms with Gasteiger partial charge in [0.2, 0.25) is 0 Å². The molecule has 36 heavy (non-hydrogen) atoms. The normalized spacial score (nSPS) is 15.4. The van der Waals surface area contributed by atoms with Gasteiger partial charge < -0.3 is 20.3 Å². The van der Waals surface area contributed by atoms with Gasteiger partial charge in [-0.2, -0.15) is 26.3 Å². The van der Waals surface area contributed by atoms with E-state index in [-0.39, 0.29) is 11.1 Å². The van der Waals surface area contributed by atoms with Crippen LogP contribution in [0.5, 0.6) is 11.5 Å². The summed E-state index contributed by atoms with van der Waals surface area (Å²) in [6.45, 7) is -1.38. The average molecular weight is 516 g/mol. The van der Waals surface area contributed by atoms with Crippen molar-refractivity contribution in [1.29, 1.82) is 0 Å². The number of aromatic nitrogens is 1. The topological polar surface area (TPSA) is 118 Å². The summed E-state index contributed by atoms with van der Waals surface area (Å²) in [6, 6.07) is 4.61. The summed E-state index contributed by atoms with van der Waals surface area (Å²) < 4.78 is 85.8. The highest BCUT2D eigenvalue weighted by atomic mass is 19.4. The molecule has 0 aliphatic carbocycles. The van der Waals surface area contributed by atoms with Gasteiger partial charge in [-0.1, -0.05) is 12.1 Å². The summed E-state index contributed by atoms with van der Waals surface area (Å²) in [5.74, 6) is -4.44. The second-order valence-corrected chi connectivity index (χ2v) is 7.81. The highest BCUT2D eigenvalue weighted by Gasteiger charge is 2.37. The van der Waals surface area contributed by atoms with Gasteiger partial charge in [0.15, 0.2) is 0 Å². The van der Waals surface area contributed by atoms with Crippen LogP contribution < -0.4 is 15.6 Å². The van der Waals surface area contributed by atoms with E-state index in [1.807, 2.05) is 5.32 Å². The predicted octanol–water partition coefficient (Wildman–Crippen LogP) is 3.69. The molecule has 0 saturated carbocycles. The number of benzene rings is 2. The number of carbonyl (C=O) groups excluding carboxylic acids is 1. The lowest BCUT2D eigenvalue weighted by atomic mass is 10.0. The Bertz CT molecular complexity index is 1440. The van der Waals surface area contributed by atoms with Crippen LogP contribution in [0.25, 0.3) is 10.9 Å². The molecule has 2 heterocycles. The number of amides is 1. The van der Waals surface area contributed by atoms with Crippen molar-refractivity contribution < 1.29 is 50.9 Å². The van der Waals surface area contributed by atoms with Crippen molar-refractivity contribution in [1.82, 2.24) is 9.88 Å². The number of carbonyl (C=O) groups is 2. The molecule has 1 unspecified atom stereocenters. The van der Waals surface area contributed by atoms with Crippen molar-refractivity contribution in [2.24, 2.45) is 0 Å². The Kier molecular flexibility index (Phi) is 5.85. The number of nitrogens with one attached hydrogen (secondary N) is 1. The first-order valence-electron chi connectivity index (χ1n) is 10.0. The largest absolute Gasteiger partial charge is 0.506 e. The molecule has 0 spiro atoms. The van der Waals surface area contributed by atoms with Gasteiger partial charge in [-0.25, -0.2) is 0 Å². The summed E-state index contributed by atoms with van der Waals surface area (Å²) in [5.41, 5.74) is -4.62. The molecule has 1 aliphatic rings. The van der Waals surface area contributed by atoms with Gasteiger partial charge in [0.25, 0.3) is 11.5 Å². The number of alkyl halides is 6. The van der Waals surface area contributed by atoms with Crippen molar-refractivity contribution >= 4 is 22.8 Å². The third kappa shape index (κ3) is 4.41. The third-order valence-electron chi connectivity index (χ3n) is 5.48. The van der Waals surface area contributed by atoms with Crippen LogP contribution in [0.3, 0.4) is 0 Å². The zero-order valence-electron chi connectivity index (χ0n) is 17.7. The monoisotopic (exact) mass is 516 g/mol. The minimum absolute atomic E-state index is 0.0936. The van der Waals surface area contributed by atoms with E-state index in [0.29, 0.717) is 12.1 Å². The first-order chi connectivity index (χ1) is 16.7. The van der Waals surface area contributed by atoms with Crippen molar-refractivity contribution in [3.05, 3.63) is 69.0 Å². The molecule has 190 valence electrons. The Balaban J connectivity index is 1.91. The van der Waals surface area contributed by atoms with Crippen LogP contribution >= 0.6 is 0 Å². The lowest BCUT2D eigenvalue weighted by Crippen LogP contribution is -2.38. The fraction of sp³-hybridized carbons (Fsp3) is 0.227. The molecule has 14 heteroatoms. The number of carboxylic acid groups (broad SMARTS) is 1. The number of hydrogen-bond acceptors (Lipinski definition) is 5. The first kappa shape index (κ1) is 24.9. The van der Waals surface area contributed by atoms with Gasteiger partial charge in [0.1, 0.15) is 29.7 Å². The molecule has 8 nitrogen and oxygen atoms in total. The fourth-order valence-corrected chi connectivity index (χ4v) is 3.83. The van der Waals surface area contributed by atoms with Gasteiger partial charge in [-0.05, 0) is 29.8 Å². The number of hydrogen-bond donors (Lipinski definition) is 3. The van der Waals surface area contributed by atoms with Gasteiger partial charge >= 0.3 is 18.3 Å². The summed E-state index contributed by atoms with van der Waals surface area (Å²) in [7, 11) is 0. The zero-order chi connectivity index (χ0) is 26.6. The molecule has 1 amide bonds. The van der Waals surface area contributed by atoms with E-state index in [1.165, 1.54) is 0 Å². The van der Waals surface area contributed by atoms with E-state index < -0.39 is 82.6 Å². The summed E-state index contributed by atoms with van der Waals surface area (Å²) in [5, 5.41) is 20.6. The maximum atomic E-state index is 13.5. The summed E-state index contributed by atoms with van der Waals surface area (Å²) in [6.07, 6.45) is -10.8. The van der Waals surface area contributed by atoms with Crippen LogP contribution in [-0.2, 0) is 23.7 Å². The Morgan fingerprint density at radius 2 is 1.64 bits per heavy atom. The highest BCUT2D eigenvalue weighted by molar-refractivity contribution is 6.04. The number of halogens is 6. The molecule has 4 rings (SSSR count). The van der Waals surface area contributed by atoms with E-state index in [4.69, 9.17) is 9.84 Å². The Morgan fingerprint density at radius 1 is 1.03 bits per heavy atom. The van der Waals surface area contributed by atoms with Crippen LogP contribution in [0.1, 0.15) is 33.2 Å². The molecule has 3 aromatic rings. The fourth-order valence-electron chi connectivity index (χ4n) is 3.83. The van der Waals surface area contributed by atoms with Crippen LogP contribution in [-0.4, -0.2) is 33.2 Å². The van der Waals surface area contributed by atoms with Crippen LogP contribution in [0.2, 0.25) is 0 Å². The zero-order valence-corrected chi connectivity index (χ0v) is 17.7. The van der Waals surface area contributed by atoms with Crippen molar-refractivity contribution in [3.63, 3.8) is 0 Å². The third-order valence-corrected chi connectivity index (χ3v) is 5.48. The van der Waals surface area contributed by atoms with Crippen LogP contribution in [0.15, 0.2) is 41.2 Å². The molecule has 1 atom stereocenters. The number of rotatable bonds is 4. The van der Waals surface area contributed by atoms with Crippen LogP contribution in [0, 0.1) is 0 Å². The average Bonchev–Trinajstić information content (AvgIpc) is 2.79. The smallest absolute Gasteiger partial charge is 0.416 e. The van der Waals surface area contributed by atoms with Gasteiger partial charge in [-0.15, -0.1) is 0 Å². The standard InChI is InChI=1S/C22H14F6N2O6/c23-21(24,25)10-3-1-9(2-4-10)14-8-30-17-12(5-11(22(26,27)28)6-13(17)36-14)18(33)16(20(30)35)19(34)29-7-15(31)32/h1-6,14,33H,7-8H2,(H,29,34)(H,31,32). The molecule has 3 N–H and O–H groups in total. The number of ether oxygens (including phenoxy) is 1. The molecule has 0 bridgehead atoms. The molecular weight excluding hydrogens is 502 g/mol. The number of nitrogens with zero attached hydrogens (tertiary/aromatic N) is 1. The van der Waals surface area contributed by atoms with E-state index >= 15 is 0 Å². The quantitative estimate of drug-likeness (QED) is 0.456. The van der Waals surface area contributed by atoms with Gasteiger partial charge in [0, 0.05) is 5.39 Å². The maximum absolute atomic E-state index is 13.5.